The van der Waals surface area contributed by atoms with Crippen LogP contribution in [0.5, 0.6) is 11.5 Å². The molecule has 0 aliphatic rings. The molecule has 0 saturated carbocycles. The van der Waals surface area contributed by atoms with Gasteiger partial charge in [-0.2, -0.15) is 0 Å². The second kappa shape index (κ2) is 7.11. The molecule has 4 nitrogen and oxygen atoms in total. The van der Waals surface area contributed by atoms with Gasteiger partial charge in [0.15, 0.2) is 11.5 Å². The van der Waals surface area contributed by atoms with Crippen LogP contribution in [0.2, 0.25) is 5.02 Å². The number of methoxy groups -OCH3 is 2. The van der Waals surface area contributed by atoms with E-state index in [1.165, 1.54) is 14.2 Å². The Morgan fingerprint density at radius 2 is 1.92 bits per heavy atom. The van der Waals surface area contributed by atoms with Crippen molar-refractivity contribution in [1.82, 2.24) is 0 Å². The second-order valence-corrected chi connectivity index (χ2v) is 6.50. The van der Waals surface area contributed by atoms with Gasteiger partial charge >= 0.3 is 5.97 Å². The summed E-state index contributed by atoms with van der Waals surface area (Å²) in [6.07, 6.45) is 0. The van der Waals surface area contributed by atoms with Crippen molar-refractivity contribution in [2.75, 3.05) is 14.2 Å². The van der Waals surface area contributed by atoms with Gasteiger partial charge < -0.3 is 14.2 Å². The number of carbonyl (C=O) groups is 1. The average Bonchev–Trinajstić information content (AvgIpc) is 2.95. The number of hydrogen-bond acceptors (Lipinski definition) is 5. The molecule has 2 aromatic carbocycles. The maximum atomic E-state index is 11.6. The fourth-order valence-electron chi connectivity index (χ4n) is 2.33. The van der Waals surface area contributed by atoms with E-state index in [0.29, 0.717) is 28.7 Å². The Morgan fingerprint density at radius 3 is 2.62 bits per heavy atom. The Hall–Kier alpha value is -2.24. The van der Waals surface area contributed by atoms with E-state index in [-0.39, 0.29) is 0 Å². The van der Waals surface area contributed by atoms with Gasteiger partial charge in [0.2, 0.25) is 0 Å². The standard InChI is InChI=1S/C18H15ClO4S/c1-21-14-9-11(18(20)22-2)7-8-13(14)23-10-16-17(19)12-5-3-4-6-15(12)24-16/h3-9H,10H2,1-2H3. The zero-order valence-corrected chi connectivity index (χ0v) is 14.7. The van der Waals surface area contributed by atoms with E-state index in [1.54, 1.807) is 29.5 Å². The number of ether oxygens (including phenoxy) is 3. The summed E-state index contributed by atoms with van der Waals surface area (Å²) >= 11 is 8.02. The van der Waals surface area contributed by atoms with Gasteiger partial charge in [0.25, 0.3) is 0 Å². The lowest BCUT2D eigenvalue weighted by molar-refractivity contribution is 0.0600. The number of thiophene rings is 1. The molecule has 0 radical (unpaired) electrons. The molecule has 0 bridgehead atoms. The lowest BCUT2D eigenvalue weighted by Crippen LogP contribution is -2.03. The first-order valence-electron chi connectivity index (χ1n) is 7.19. The summed E-state index contributed by atoms with van der Waals surface area (Å²) in [4.78, 5) is 12.5. The molecule has 0 unspecified atom stereocenters. The summed E-state index contributed by atoms with van der Waals surface area (Å²) in [5, 5.41) is 1.73. The number of benzene rings is 2. The average molecular weight is 363 g/mol. The molecule has 3 rings (SSSR count). The number of esters is 1. The second-order valence-electron chi connectivity index (χ2n) is 4.98. The van der Waals surface area contributed by atoms with Crippen LogP contribution in [0.3, 0.4) is 0 Å². The van der Waals surface area contributed by atoms with Crippen LogP contribution in [-0.4, -0.2) is 20.2 Å². The number of carbonyl (C=O) groups excluding carboxylic acids is 1. The van der Waals surface area contributed by atoms with E-state index in [9.17, 15) is 4.79 Å². The largest absolute Gasteiger partial charge is 0.493 e. The van der Waals surface area contributed by atoms with Crippen LogP contribution >= 0.6 is 22.9 Å². The molecule has 1 heterocycles. The van der Waals surface area contributed by atoms with Crippen molar-refractivity contribution >= 4 is 39.0 Å². The fourth-order valence-corrected chi connectivity index (χ4v) is 3.73. The molecule has 0 amide bonds. The molecule has 0 N–H and O–H groups in total. The van der Waals surface area contributed by atoms with Crippen molar-refractivity contribution in [3.8, 4) is 11.5 Å². The van der Waals surface area contributed by atoms with Crippen LogP contribution in [0.25, 0.3) is 10.1 Å². The Kier molecular flexibility index (Phi) is 4.92. The highest BCUT2D eigenvalue weighted by atomic mass is 35.5. The van der Waals surface area contributed by atoms with Crippen LogP contribution in [0.4, 0.5) is 0 Å². The van der Waals surface area contributed by atoms with Crippen molar-refractivity contribution in [2.24, 2.45) is 0 Å². The van der Waals surface area contributed by atoms with E-state index in [1.807, 2.05) is 24.3 Å². The van der Waals surface area contributed by atoms with Crippen molar-refractivity contribution in [3.05, 3.63) is 57.9 Å². The first-order valence-corrected chi connectivity index (χ1v) is 8.38. The third-order valence-electron chi connectivity index (χ3n) is 3.54. The van der Waals surface area contributed by atoms with Gasteiger partial charge in [0.1, 0.15) is 6.61 Å². The smallest absolute Gasteiger partial charge is 0.337 e. The molecular weight excluding hydrogens is 348 g/mol. The summed E-state index contributed by atoms with van der Waals surface area (Å²) in [5.74, 6) is 0.584. The number of fused-ring (bicyclic) bond motifs is 1. The zero-order valence-electron chi connectivity index (χ0n) is 13.2. The summed E-state index contributed by atoms with van der Waals surface area (Å²) < 4.78 is 17.0. The van der Waals surface area contributed by atoms with Gasteiger partial charge in [0.05, 0.1) is 29.7 Å². The van der Waals surface area contributed by atoms with Gasteiger partial charge in [0, 0.05) is 10.1 Å². The summed E-state index contributed by atoms with van der Waals surface area (Å²) in [6, 6.07) is 12.9. The highest BCUT2D eigenvalue weighted by molar-refractivity contribution is 7.19. The van der Waals surface area contributed by atoms with Gasteiger partial charge in [-0.15, -0.1) is 11.3 Å². The molecule has 1 aromatic heterocycles. The lowest BCUT2D eigenvalue weighted by Gasteiger charge is -2.11. The third-order valence-corrected chi connectivity index (χ3v) is 5.23. The number of hydrogen-bond donors (Lipinski definition) is 0. The molecule has 24 heavy (non-hydrogen) atoms. The molecule has 0 aliphatic heterocycles. The zero-order chi connectivity index (χ0) is 17.1. The highest BCUT2D eigenvalue weighted by Crippen LogP contribution is 2.37. The topological polar surface area (TPSA) is 44.8 Å². The Balaban J connectivity index is 1.83. The van der Waals surface area contributed by atoms with Crippen molar-refractivity contribution < 1.29 is 19.0 Å². The van der Waals surface area contributed by atoms with Gasteiger partial charge in [-0.05, 0) is 24.3 Å². The van der Waals surface area contributed by atoms with Crippen molar-refractivity contribution in [3.63, 3.8) is 0 Å². The van der Waals surface area contributed by atoms with Crippen LogP contribution in [0.1, 0.15) is 15.2 Å². The van der Waals surface area contributed by atoms with E-state index < -0.39 is 5.97 Å². The first-order chi connectivity index (χ1) is 11.6. The number of rotatable bonds is 5. The fraction of sp³-hybridized carbons (Fsp3) is 0.167. The van der Waals surface area contributed by atoms with Crippen LogP contribution in [0, 0.1) is 0 Å². The van der Waals surface area contributed by atoms with Gasteiger partial charge in [-0.3, -0.25) is 0 Å². The minimum atomic E-state index is -0.424. The minimum Gasteiger partial charge on any atom is -0.493 e. The minimum absolute atomic E-state index is 0.326. The summed E-state index contributed by atoms with van der Waals surface area (Å²) in [7, 11) is 2.86. The monoisotopic (exact) mass is 362 g/mol. The predicted octanol–water partition coefficient (Wildman–Crippen LogP) is 4.93. The molecule has 0 atom stereocenters. The normalized spacial score (nSPS) is 10.6. The van der Waals surface area contributed by atoms with Gasteiger partial charge in [-0.25, -0.2) is 4.79 Å². The molecule has 0 spiro atoms. The van der Waals surface area contributed by atoms with Crippen molar-refractivity contribution in [1.29, 1.82) is 0 Å². The molecule has 124 valence electrons. The molecule has 0 saturated heterocycles. The lowest BCUT2D eigenvalue weighted by atomic mass is 10.2. The van der Waals surface area contributed by atoms with Crippen molar-refractivity contribution in [2.45, 2.75) is 6.61 Å². The Bertz CT molecular complexity index is 888. The maximum absolute atomic E-state index is 11.6. The van der Waals surface area contributed by atoms with Gasteiger partial charge in [-0.1, -0.05) is 29.8 Å². The molecule has 0 aliphatic carbocycles. The summed E-state index contributed by atoms with van der Waals surface area (Å²) in [6.45, 7) is 0.326. The quantitative estimate of drug-likeness (QED) is 0.604. The van der Waals surface area contributed by atoms with Crippen LogP contribution in [0.15, 0.2) is 42.5 Å². The van der Waals surface area contributed by atoms with E-state index >= 15 is 0 Å². The molecule has 6 heteroatoms. The molecular formula is C18H15ClO4S. The highest BCUT2D eigenvalue weighted by Gasteiger charge is 2.14. The predicted molar refractivity (Wildman–Crippen MR) is 95.5 cm³/mol. The number of halogens is 1. The third kappa shape index (κ3) is 3.18. The Morgan fingerprint density at radius 1 is 1.12 bits per heavy atom. The molecule has 3 aromatic rings. The van der Waals surface area contributed by atoms with E-state index in [2.05, 4.69) is 0 Å². The molecule has 0 fully saturated rings. The summed E-state index contributed by atoms with van der Waals surface area (Å²) in [5.41, 5.74) is 0.404. The Labute approximate surface area is 148 Å². The SMILES string of the molecule is COC(=O)c1ccc(OCc2sc3ccccc3c2Cl)c(OC)c1. The van der Waals surface area contributed by atoms with Crippen LogP contribution in [-0.2, 0) is 11.3 Å². The van der Waals surface area contributed by atoms with Crippen LogP contribution < -0.4 is 9.47 Å². The van der Waals surface area contributed by atoms with E-state index in [0.717, 1.165) is 15.0 Å². The first kappa shape index (κ1) is 16.6. The van der Waals surface area contributed by atoms with E-state index in [4.69, 9.17) is 25.8 Å². The maximum Gasteiger partial charge on any atom is 0.337 e.